The van der Waals surface area contributed by atoms with E-state index in [1.807, 2.05) is 37.3 Å². The number of nitrogens with zero attached hydrogens (tertiary/aromatic N) is 3. The Kier molecular flexibility index (Phi) is 9.66. The summed E-state index contributed by atoms with van der Waals surface area (Å²) in [6, 6.07) is 9.80. The predicted molar refractivity (Wildman–Crippen MR) is 124 cm³/mol. The lowest BCUT2D eigenvalue weighted by Gasteiger charge is -2.34. The zero-order valence-electron chi connectivity index (χ0n) is 16.7. The van der Waals surface area contributed by atoms with Crippen LogP contribution in [0.15, 0.2) is 40.7 Å². The van der Waals surface area contributed by atoms with Gasteiger partial charge in [0.2, 0.25) is 0 Å². The summed E-state index contributed by atoms with van der Waals surface area (Å²) in [5.41, 5.74) is -0.825. The Balaban J connectivity index is 0.00000320. The first-order chi connectivity index (χ1) is 14.0. The molecule has 0 amide bonds. The number of aromatic nitrogens is 1. The molecule has 3 rings (SSSR count). The molecule has 1 aromatic heterocycles. The minimum Gasteiger partial charge on any atom is -0.490 e. The molecular formula is C20H26F3IN4OS. The SMILES string of the molecule is CCNC(=NCCc1nc(C(F)(F)F)cs1)N1CCC(Oc2ccccc2)CC1.I. The van der Waals surface area contributed by atoms with Crippen molar-refractivity contribution < 1.29 is 17.9 Å². The van der Waals surface area contributed by atoms with Gasteiger partial charge in [0, 0.05) is 50.8 Å². The Morgan fingerprint density at radius 3 is 2.57 bits per heavy atom. The quantitative estimate of drug-likeness (QED) is 0.316. The number of nitrogens with one attached hydrogen (secondary N) is 1. The fourth-order valence-corrected chi connectivity index (χ4v) is 3.91. The van der Waals surface area contributed by atoms with E-state index >= 15 is 0 Å². The molecule has 0 spiro atoms. The fourth-order valence-electron chi connectivity index (χ4n) is 3.12. The maximum atomic E-state index is 12.7. The average molecular weight is 554 g/mol. The molecule has 10 heteroatoms. The van der Waals surface area contributed by atoms with Crippen molar-refractivity contribution >= 4 is 41.3 Å². The third kappa shape index (κ3) is 7.29. The molecule has 0 bridgehead atoms. The fraction of sp³-hybridized carbons (Fsp3) is 0.500. The van der Waals surface area contributed by atoms with Crippen LogP contribution in [-0.2, 0) is 12.6 Å². The van der Waals surface area contributed by atoms with Crippen LogP contribution in [0.4, 0.5) is 13.2 Å². The molecule has 2 heterocycles. The molecule has 1 aromatic carbocycles. The third-order valence-electron chi connectivity index (χ3n) is 4.55. The standard InChI is InChI=1S/C20H25F3N4OS.HI/c1-2-24-19(25-11-8-18-26-17(14-29-18)20(21,22)23)27-12-9-16(10-13-27)28-15-6-4-3-5-7-15;/h3-7,14,16H,2,8-13H2,1H3,(H,24,25);1H. The van der Waals surface area contributed by atoms with Crippen molar-refractivity contribution in [3.8, 4) is 5.75 Å². The van der Waals surface area contributed by atoms with Crippen LogP contribution in [0.2, 0.25) is 0 Å². The van der Waals surface area contributed by atoms with E-state index in [0.29, 0.717) is 18.0 Å². The summed E-state index contributed by atoms with van der Waals surface area (Å²) in [5.74, 6) is 1.67. The number of rotatable bonds is 6. The van der Waals surface area contributed by atoms with Crippen LogP contribution < -0.4 is 10.1 Å². The molecule has 5 nitrogen and oxygen atoms in total. The van der Waals surface area contributed by atoms with Crippen molar-refractivity contribution in [1.29, 1.82) is 0 Å². The number of hydrogen-bond donors (Lipinski definition) is 1. The molecule has 30 heavy (non-hydrogen) atoms. The number of halogens is 4. The molecule has 166 valence electrons. The zero-order chi connectivity index (χ0) is 20.7. The van der Waals surface area contributed by atoms with Gasteiger partial charge in [-0.05, 0) is 19.1 Å². The summed E-state index contributed by atoms with van der Waals surface area (Å²) < 4.78 is 44.0. The van der Waals surface area contributed by atoms with Gasteiger partial charge in [-0.2, -0.15) is 13.2 Å². The Morgan fingerprint density at radius 2 is 1.97 bits per heavy atom. The second-order valence-corrected chi connectivity index (χ2v) is 7.67. The number of ether oxygens (including phenoxy) is 1. The zero-order valence-corrected chi connectivity index (χ0v) is 19.8. The summed E-state index contributed by atoms with van der Waals surface area (Å²) in [7, 11) is 0. The van der Waals surface area contributed by atoms with Crippen LogP contribution in [0.1, 0.15) is 30.5 Å². The van der Waals surface area contributed by atoms with Crippen LogP contribution in [-0.4, -0.2) is 48.1 Å². The van der Waals surface area contributed by atoms with E-state index in [1.165, 1.54) is 0 Å². The van der Waals surface area contributed by atoms with Crippen molar-refractivity contribution in [3.63, 3.8) is 0 Å². The number of hydrogen-bond acceptors (Lipinski definition) is 4. The molecule has 2 aromatic rings. The summed E-state index contributed by atoms with van der Waals surface area (Å²) in [5, 5.41) is 4.78. The average Bonchev–Trinajstić information content (AvgIpc) is 3.18. The third-order valence-corrected chi connectivity index (χ3v) is 5.46. The minimum atomic E-state index is -4.39. The van der Waals surface area contributed by atoms with Crippen LogP contribution in [0.5, 0.6) is 5.75 Å². The Hall–Kier alpha value is -1.56. The molecular weight excluding hydrogens is 528 g/mol. The van der Waals surface area contributed by atoms with Crippen molar-refractivity contribution in [2.75, 3.05) is 26.2 Å². The molecule has 1 N–H and O–H groups in total. The van der Waals surface area contributed by atoms with Crippen molar-refractivity contribution in [3.05, 3.63) is 46.4 Å². The van der Waals surface area contributed by atoms with E-state index < -0.39 is 11.9 Å². The first kappa shape index (κ1) is 24.7. The lowest BCUT2D eigenvalue weighted by molar-refractivity contribution is -0.140. The van der Waals surface area contributed by atoms with Gasteiger partial charge < -0.3 is 15.0 Å². The van der Waals surface area contributed by atoms with Crippen LogP contribution in [0, 0.1) is 0 Å². The van der Waals surface area contributed by atoms with E-state index in [-0.39, 0.29) is 30.1 Å². The van der Waals surface area contributed by atoms with Gasteiger partial charge in [-0.15, -0.1) is 35.3 Å². The maximum Gasteiger partial charge on any atom is 0.434 e. The maximum absolute atomic E-state index is 12.7. The van der Waals surface area contributed by atoms with E-state index in [2.05, 4.69) is 20.2 Å². The molecule has 0 atom stereocenters. The minimum absolute atomic E-state index is 0. The highest BCUT2D eigenvalue weighted by molar-refractivity contribution is 14.0. The van der Waals surface area contributed by atoms with Crippen molar-refractivity contribution in [1.82, 2.24) is 15.2 Å². The first-order valence-electron chi connectivity index (χ1n) is 9.72. The summed E-state index contributed by atoms with van der Waals surface area (Å²) in [6.45, 7) is 4.76. The number of para-hydroxylation sites is 1. The molecule has 1 aliphatic rings. The second-order valence-electron chi connectivity index (χ2n) is 6.73. The highest BCUT2D eigenvalue weighted by atomic mass is 127. The number of piperidine rings is 1. The van der Waals surface area contributed by atoms with E-state index in [9.17, 15) is 13.2 Å². The van der Waals surface area contributed by atoms with Crippen molar-refractivity contribution in [2.24, 2.45) is 4.99 Å². The number of aliphatic imine (C=N–C) groups is 1. The van der Waals surface area contributed by atoms with Gasteiger partial charge in [0.05, 0.1) is 5.01 Å². The first-order valence-corrected chi connectivity index (χ1v) is 10.6. The normalized spacial score (nSPS) is 15.6. The number of guanidine groups is 1. The van der Waals surface area contributed by atoms with Gasteiger partial charge in [-0.1, -0.05) is 18.2 Å². The Labute approximate surface area is 195 Å². The van der Waals surface area contributed by atoms with Crippen LogP contribution in [0.3, 0.4) is 0 Å². The number of thiazole rings is 1. The largest absolute Gasteiger partial charge is 0.490 e. The van der Waals surface area contributed by atoms with Gasteiger partial charge >= 0.3 is 6.18 Å². The second kappa shape index (κ2) is 11.7. The van der Waals surface area contributed by atoms with E-state index in [0.717, 1.165) is 60.9 Å². The molecule has 0 unspecified atom stereocenters. The van der Waals surface area contributed by atoms with Crippen LogP contribution in [0.25, 0.3) is 0 Å². The van der Waals surface area contributed by atoms with Gasteiger partial charge in [-0.3, -0.25) is 4.99 Å². The topological polar surface area (TPSA) is 49.8 Å². The lowest BCUT2D eigenvalue weighted by Crippen LogP contribution is -2.47. The Bertz CT molecular complexity index is 793. The smallest absolute Gasteiger partial charge is 0.434 e. The monoisotopic (exact) mass is 554 g/mol. The highest BCUT2D eigenvalue weighted by Gasteiger charge is 2.33. The van der Waals surface area contributed by atoms with E-state index in [1.54, 1.807) is 0 Å². The van der Waals surface area contributed by atoms with Gasteiger partial charge in [0.15, 0.2) is 11.7 Å². The summed E-state index contributed by atoms with van der Waals surface area (Å²) in [6.07, 6.45) is -2.04. The molecule has 0 aliphatic carbocycles. The van der Waals surface area contributed by atoms with Gasteiger partial charge in [-0.25, -0.2) is 4.98 Å². The number of alkyl halides is 3. The van der Waals surface area contributed by atoms with E-state index in [4.69, 9.17) is 4.74 Å². The molecule has 1 aliphatic heterocycles. The highest BCUT2D eigenvalue weighted by Crippen LogP contribution is 2.30. The number of likely N-dealkylation sites (tertiary alicyclic amines) is 1. The lowest BCUT2D eigenvalue weighted by atomic mass is 10.1. The summed E-state index contributed by atoms with van der Waals surface area (Å²) in [4.78, 5) is 10.4. The predicted octanol–water partition coefficient (Wildman–Crippen LogP) is 4.83. The van der Waals surface area contributed by atoms with Crippen LogP contribution >= 0.6 is 35.3 Å². The molecule has 0 saturated carbocycles. The van der Waals surface area contributed by atoms with Crippen molar-refractivity contribution in [2.45, 2.75) is 38.5 Å². The summed E-state index contributed by atoms with van der Waals surface area (Å²) >= 11 is 1.03. The number of benzene rings is 1. The van der Waals surface area contributed by atoms with Gasteiger partial charge in [0.25, 0.3) is 0 Å². The molecule has 1 fully saturated rings. The Morgan fingerprint density at radius 1 is 1.27 bits per heavy atom. The molecule has 1 saturated heterocycles. The molecule has 0 radical (unpaired) electrons. The van der Waals surface area contributed by atoms with Gasteiger partial charge in [0.1, 0.15) is 11.9 Å².